The summed E-state index contributed by atoms with van der Waals surface area (Å²) in [5, 5.41) is 17.2. The maximum atomic E-state index is 10.6. The minimum atomic E-state index is -0.529. The van der Waals surface area contributed by atoms with Crippen LogP contribution >= 0.6 is 0 Å². The van der Waals surface area contributed by atoms with Crippen LogP contribution in [-0.4, -0.2) is 89.4 Å². The van der Waals surface area contributed by atoms with Crippen molar-refractivity contribution in [1.82, 2.24) is 19.6 Å². The minimum absolute atomic E-state index is 0.268. The third kappa shape index (κ3) is 4.45. The zero-order valence-corrected chi connectivity index (χ0v) is 18.0. The number of fused-ring (bicyclic) bond motifs is 1. The fourth-order valence-corrected chi connectivity index (χ4v) is 4.62. The van der Waals surface area contributed by atoms with Crippen LogP contribution in [0.5, 0.6) is 5.75 Å². The second-order valence-corrected chi connectivity index (χ2v) is 8.55. The Labute approximate surface area is 182 Å². The summed E-state index contributed by atoms with van der Waals surface area (Å²) in [6.45, 7) is 6.62. The second-order valence-electron chi connectivity index (χ2n) is 8.55. The fourth-order valence-electron chi connectivity index (χ4n) is 4.62. The molecule has 2 aliphatic heterocycles. The lowest BCUT2D eigenvalue weighted by Gasteiger charge is -2.47. The van der Waals surface area contributed by atoms with Gasteiger partial charge in [-0.2, -0.15) is 5.10 Å². The number of morpholine rings is 1. The highest BCUT2D eigenvalue weighted by molar-refractivity contribution is 5.99. The molecule has 2 aromatic carbocycles. The molecule has 1 atom stereocenters. The van der Waals surface area contributed by atoms with Crippen LogP contribution in [0.3, 0.4) is 0 Å². The number of ether oxygens (including phenoxy) is 2. The van der Waals surface area contributed by atoms with Crippen molar-refractivity contribution in [3.63, 3.8) is 0 Å². The molecule has 0 saturated carbocycles. The standard InChI is InChI=1S/C24H30N4O3/c1-26-13-19(12-25-26)24-22-5-3-2-4-18(22)6-7-23(24)31-17-21(29)16-27-14-20(15-27)28-8-10-30-11-9-28/h2-7,12-13,20-21,29H,8-11,14-17H2,1H3. The lowest BCUT2D eigenvalue weighted by atomic mass is 9.99. The zero-order valence-electron chi connectivity index (χ0n) is 18.0. The molecule has 5 rings (SSSR count). The van der Waals surface area contributed by atoms with Gasteiger partial charge in [-0.1, -0.05) is 30.3 Å². The molecule has 2 aliphatic rings. The maximum Gasteiger partial charge on any atom is 0.128 e. The van der Waals surface area contributed by atoms with Crippen LogP contribution in [0.4, 0.5) is 0 Å². The molecule has 2 fully saturated rings. The van der Waals surface area contributed by atoms with Gasteiger partial charge in [0.1, 0.15) is 18.5 Å². The third-order valence-electron chi connectivity index (χ3n) is 6.28. The summed E-state index contributed by atoms with van der Waals surface area (Å²) < 4.78 is 13.4. The Balaban J connectivity index is 1.23. The first-order chi connectivity index (χ1) is 15.2. The van der Waals surface area contributed by atoms with Crippen LogP contribution in [0.1, 0.15) is 0 Å². The van der Waals surface area contributed by atoms with Crippen molar-refractivity contribution in [3.8, 4) is 16.9 Å². The smallest absolute Gasteiger partial charge is 0.128 e. The lowest BCUT2D eigenvalue weighted by molar-refractivity contribution is -0.0461. The molecule has 2 saturated heterocycles. The van der Waals surface area contributed by atoms with Crippen molar-refractivity contribution >= 4 is 10.8 Å². The minimum Gasteiger partial charge on any atom is -0.490 e. The average molecular weight is 423 g/mol. The molecule has 0 bridgehead atoms. The molecule has 1 unspecified atom stereocenters. The Morgan fingerprint density at radius 2 is 1.97 bits per heavy atom. The Kier molecular flexibility index (Phi) is 5.91. The van der Waals surface area contributed by atoms with E-state index in [0.29, 0.717) is 12.6 Å². The van der Waals surface area contributed by atoms with Gasteiger partial charge in [0.15, 0.2) is 0 Å². The fraction of sp³-hybridized carbons (Fsp3) is 0.458. The number of hydrogen-bond acceptors (Lipinski definition) is 6. The monoisotopic (exact) mass is 422 g/mol. The van der Waals surface area contributed by atoms with Gasteiger partial charge in [-0.3, -0.25) is 14.5 Å². The number of rotatable bonds is 7. The Morgan fingerprint density at radius 1 is 1.16 bits per heavy atom. The van der Waals surface area contributed by atoms with E-state index in [1.165, 1.54) is 0 Å². The number of benzene rings is 2. The second kappa shape index (κ2) is 8.96. The van der Waals surface area contributed by atoms with Crippen LogP contribution in [0.2, 0.25) is 0 Å². The Bertz CT molecular complexity index is 1020. The summed E-state index contributed by atoms with van der Waals surface area (Å²) in [7, 11) is 1.91. The van der Waals surface area contributed by atoms with E-state index >= 15 is 0 Å². The summed E-state index contributed by atoms with van der Waals surface area (Å²) in [4.78, 5) is 4.80. The molecular weight excluding hydrogens is 392 g/mol. The van der Waals surface area contributed by atoms with Gasteiger partial charge in [-0.05, 0) is 16.8 Å². The van der Waals surface area contributed by atoms with Crippen LogP contribution in [-0.2, 0) is 11.8 Å². The molecule has 0 spiro atoms. The van der Waals surface area contributed by atoms with Gasteiger partial charge in [0, 0.05) is 63.1 Å². The molecule has 0 radical (unpaired) electrons. The molecule has 1 aromatic heterocycles. The number of aryl methyl sites for hydroxylation is 1. The normalized spacial score (nSPS) is 19.4. The van der Waals surface area contributed by atoms with Crippen LogP contribution < -0.4 is 4.74 Å². The van der Waals surface area contributed by atoms with Crippen molar-refractivity contribution in [2.75, 3.05) is 52.5 Å². The maximum absolute atomic E-state index is 10.6. The summed E-state index contributed by atoms with van der Waals surface area (Å²) in [5.41, 5.74) is 2.04. The highest BCUT2D eigenvalue weighted by Crippen LogP contribution is 2.37. The van der Waals surface area contributed by atoms with E-state index in [9.17, 15) is 5.11 Å². The number of aliphatic hydroxyl groups excluding tert-OH is 1. The molecule has 0 amide bonds. The predicted molar refractivity (Wildman–Crippen MR) is 120 cm³/mol. The topological polar surface area (TPSA) is 63.0 Å². The number of aliphatic hydroxyl groups is 1. The molecule has 1 N–H and O–H groups in total. The van der Waals surface area contributed by atoms with Crippen LogP contribution in [0, 0.1) is 0 Å². The van der Waals surface area contributed by atoms with Gasteiger partial charge in [0.25, 0.3) is 0 Å². The first kappa shape index (κ1) is 20.5. The van der Waals surface area contributed by atoms with Gasteiger partial charge < -0.3 is 14.6 Å². The van der Waals surface area contributed by atoms with Crippen molar-refractivity contribution in [2.24, 2.45) is 7.05 Å². The summed E-state index contributed by atoms with van der Waals surface area (Å²) >= 11 is 0. The van der Waals surface area contributed by atoms with E-state index in [0.717, 1.165) is 67.0 Å². The summed E-state index contributed by atoms with van der Waals surface area (Å²) in [5.74, 6) is 0.778. The predicted octanol–water partition coefficient (Wildman–Crippen LogP) is 2.00. The number of β-amino-alcohol motifs (C(OH)–C–C–N with tert-alkyl or cyclic N) is 1. The van der Waals surface area contributed by atoms with Gasteiger partial charge in [0.2, 0.25) is 0 Å². The van der Waals surface area contributed by atoms with Crippen molar-refractivity contribution in [2.45, 2.75) is 12.1 Å². The van der Waals surface area contributed by atoms with Crippen LogP contribution in [0.25, 0.3) is 21.9 Å². The number of likely N-dealkylation sites (tertiary alicyclic amines) is 1. The van der Waals surface area contributed by atoms with E-state index in [1.807, 2.05) is 37.6 Å². The molecule has 7 nitrogen and oxygen atoms in total. The molecule has 3 aromatic rings. The number of nitrogens with zero attached hydrogens (tertiary/aromatic N) is 4. The summed E-state index contributed by atoms with van der Waals surface area (Å²) in [6, 6.07) is 12.9. The molecule has 7 heteroatoms. The first-order valence-corrected chi connectivity index (χ1v) is 11.0. The molecule has 0 aliphatic carbocycles. The van der Waals surface area contributed by atoms with E-state index in [4.69, 9.17) is 9.47 Å². The van der Waals surface area contributed by atoms with Gasteiger partial charge in [0.05, 0.1) is 19.4 Å². The quantitative estimate of drug-likeness (QED) is 0.628. The third-order valence-corrected chi connectivity index (χ3v) is 6.28. The van der Waals surface area contributed by atoms with Gasteiger partial charge in [-0.25, -0.2) is 0 Å². The van der Waals surface area contributed by atoms with E-state index in [1.54, 1.807) is 4.68 Å². The number of hydrogen-bond donors (Lipinski definition) is 1. The Morgan fingerprint density at radius 3 is 2.74 bits per heavy atom. The van der Waals surface area contributed by atoms with E-state index < -0.39 is 6.10 Å². The van der Waals surface area contributed by atoms with Crippen molar-refractivity contribution in [3.05, 3.63) is 48.8 Å². The van der Waals surface area contributed by atoms with Gasteiger partial charge >= 0.3 is 0 Å². The average Bonchev–Trinajstić information content (AvgIpc) is 3.20. The van der Waals surface area contributed by atoms with Crippen molar-refractivity contribution < 1.29 is 14.6 Å². The SMILES string of the molecule is Cn1cc(-c2c(OCC(O)CN3CC(N4CCOCC4)C3)ccc3ccccc23)cn1. The Hall–Kier alpha value is -2.45. The largest absolute Gasteiger partial charge is 0.490 e. The lowest BCUT2D eigenvalue weighted by Crippen LogP contribution is -2.62. The summed E-state index contributed by atoms with van der Waals surface area (Å²) in [6.07, 6.45) is 3.33. The zero-order chi connectivity index (χ0) is 21.2. The first-order valence-electron chi connectivity index (χ1n) is 11.0. The molecule has 3 heterocycles. The molecular formula is C24H30N4O3. The van der Waals surface area contributed by atoms with Crippen LogP contribution in [0.15, 0.2) is 48.8 Å². The van der Waals surface area contributed by atoms with Gasteiger partial charge in [-0.15, -0.1) is 0 Å². The van der Waals surface area contributed by atoms with Crippen molar-refractivity contribution in [1.29, 1.82) is 0 Å². The number of aromatic nitrogens is 2. The highest BCUT2D eigenvalue weighted by Gasteiger charge is 2.33. The highest BCUT2D eigenvalue weighted by atomic mass is 16.5. The van der Waals surface area contributed by atoms with E-state index in [2.05, 4.69) is 33.1 Å². The van der Waals surface area contributed by atoms with E-state index in [-0.39, 0.29) is 6.61 Å². The molecule has 164 valence electrons. The molecule has 31 heavy (non-hydrogen) atoms.